The summed E-state index contributed by atoms with van der Waals surface area (Å²) in [7, 11) is -0.0646. The van der Waals surface area contributed by atoms with E-state index in [2.05, 4.69) is 5.32 Å². The SMILES string of the molecule is [2H]CNc1ccccc1[N+](=O)[O-]. The Balaban J connectivity index is 3.00. The Kier molecular flexibility index (Phi) is 1.68. The van der Waals surface area contributed by atoms with Crippen molar-refractivity contribution in [2.24, 2.45) is 0 Å². The van der Waals surface area contributed by atoms with Gasteiger partial charge in [0.2, 0.25) is 0 Å². The van der Waals surface area contributed by atoms with Gasteiger partial charge in [0, 0.05) is 14.5 Å². The number of nitrogens with zero attached hydrogens (tertiary/aromatic N) is 1. The van der Waals surface area contributed by atoms with Crippen LogP contribution in [0.15, 0.2) is 24.3 Å². The number of benzene rings is 1. The van der Waals surface area contributed by atoms with E-state index < -0.39 is 4.92 Å². The molecule has 0 saturated heterocycles. The highest BCUT2D eigenvalue weighted by molar-refractivity contribution is 5.60. The van der Waals surface area contributed by atoms with Crippen LogP contribution in [0, 0.1) is 10.1 Å². The van der Waals surface area contributed by atoms with E-state index >= 15 is 0 Å². The third kappa shape index (κ3) is 1.46. The smallest absolute Gasteiger partial charge is 0.292 e. The number of anilines is 1. The number of hydrogen-bond donors (Lipinski definition) is 1. The molecule has 0 aliphatic carbocycles. The Hall–Kier alpha value is -1.58. The molecule has 4 nitrogen and oxygen atoms in total. The lowest BCUT2D eigenvalue weighted by Gasteiger charge is -1.98. The van der Waals surface area contributed by atoms with Gasteiger partial charge < -0.3 is 5.32 Å². The van der Waals surface area contributed by atoms with Gasteiger partial charge in [0.25, 0.3) is 5.69 Å². The maximum atomic E-state index is 10.4. The van der Waals surface area contributed by atoms with Crippen molar-refractivity contribution >= 4 is 11.4 Å². The lowest BCUT2D eigenvalue weighted by molar-refractivity contribution is -0.383. The minimum atomic E-state index is -0.474. The second-order valence-corrected chi connectivity index (χ2v) is 1.95. The van der Waals surface area contributed by atoms with Crippen molar-refractivity contribution in [3.8, 4) is 0 Å². The summed E-state index contributed by atoms with van der Waals surface area (Å²) in [6, 6.07) is 6.25. The van der Waals surface area contributed by atoms with Crippen LogP contribution in [0.1, 0.15) is 1.37 Å². The van der Waals surface area contributed by atoms with Gasteiger partial charge in [-0.1, -0.05) is 12.1 Å². The van der Waals surface area contributed by atoms with E-state index in [0.29, 0.717) is 5.69 Å². The van der Waals surface area contributed by atoms with E-state index in [4.69, 9.17) is 1.37 Å². The van der Waals surface area contributed by atoms with Crippen LogP contribution in [0.25, 0.3) is 0 Å². The Morgan fingerprint density at radius 1 is 1.64 bits per heavy atom. The lowest BCUT2D eigenvalue weighted by atomic mass is 10.3. The van der Waals surface area contributed by atoms with Crippen molar-refractivity contribution in [2.75, 3.05) is 12.3 Å². The first-order chi connectivity index (χ1) is 5.75. The summed E-state index contributed by atoms with van der Waals surface area (Å²) in [5, 5.41) is 13.0. The van der Waals surface area contributed by atoms with Crippen LogP contribution in [0.5, 0.6) is 0 Å². The van der Waals surface area contributed by atoms with Gasteiger partial charge in [0.15, 0.2) is 0 Å². The van der Waals surface area contributed by atoms with Crippen molar-refractivity contribution < 1.29 is 6.29 Å². The highest BCUT2D eigenvalue weighted by Crippen LogP contribution is 2.21. The van der Waals surface area contributed by atoms with Gasteiger partial charge in [-0.3, -0.25) is 10.1 Å². The first-order valence-electron chi connectivity index (χ1n) is 3.73. The molecule has 0 bridgehead atoms. The van der Waals surface area contributed by atoms with Crippen molar-refractivity contribution in [3.05, 3.63) is 34.4 Å². The highest BCUT2D eigenvalue weighted by atomic mass is 16.6. The molecule has 0 saturated carbocycles. The predicted octanol–water partition coefficient (Wildman–Crippen LogP) is 1.64. The molecule has 0 amide bonds. The lowest BCUT2D eigenvalue weighted by Crippen LogP contribution is -1.95. The molecule has 58 valence electrons. The van der Waals surface area contributed by atoms with Crippen LogP contribution in [0.3, 0.4) is 0 Å². The highest BCUT2D eigenvalue weighted by Gasteiger charge is 2.09. The number of hydrogen-bond acceptors (Lipinski definition) is 3. The van der Waals surface area contributed by atoms with Crippen molar-refractivity contribution in [2.45, 2.75) is 0 Å². The van der Waals surface area contributed by atoms with E-state index in [9.17, 15) is 10.1 Å². The van der Waals surface area contributed by atoms with E-state index in [-0.39, 0.29) is 12.7 Å². The molecule has 0 heterocycles. The molecule has 4 heteroatoms. The molecule has 1 rings (SSSR count). The van der Waals surface area contributed by atoms with Gasteiger partial charge in [-0.25, -0.2) is 0 Å². The molecule has 1 N–H and O–H groups in total. The topological polar surface area (TPSA) is 55.2 Å². The minimum absolute atomic E-state index is 0.00440. The van der Waals surface area contributed by atoms with Gasteiger partial charge in [-0.15, -0.1) is 0 Å². The summed E-state index contributed by atoms with van der Waals surface area (Å²) >= 11 is 0. The molecule has 1 aromatic rings. The third-order valence-corrected chi connectivity index (χ3v) is 1.29. The average Bonchev–Trinajstić information content (AvgIpc) is 2.05. The summed E-state index contributed by atoms with van der Waals surface area (Å²) in [5.74, 6) is 0. The standard InChI is InChI=1S/C7H8N2O2/c1-8-6-4-2-3-5-7(6)9(10)11/h2-5,8H,1H3/i1D. The number of nitrogens with one attached hydrogen (secondary N) is 1. The van der Waals surface area contributed by atoms with Gasteiger partial charge in [-0.2, -0.15) is 0 Å². The summed E-state index contributed by atoms with van der Waals surface area (Å²) in [6.45, 7) is 0. The predicted molar refractivity (Wildman–Crippen MR) is 42.6 cm³/mol. The zero-order valence-corrected chi connectivity index (χ0v) is 5.78. The molecular formula is C7H8N2O2. The van der Waals surface area contributed by atoms with Crippen LogP contribution in [0.4, 0.5) is 11.4 Å². The van der Waals surface area contributed by atoms with E-state index in [0.717, 1.165) is 0 Å². The van der Waals surface area contributed by atoms with Gasteiger partial charge in [0.1, 0.15) is 5.69 Å². The maximum absolute atomic E-state index is 10.4. The van der Waals surface area contributed by atoms with Crippen LogP contribution in [-0.2, 0) is 0 Å². The average molecular weight is 153 g/mol. The number of nitro groups is 1. The fraction of sp³-hybridized carbons (Fsp3) is 0.143. The fourth-order valence-electron chi connectivity index (χ4n) is 0.782. The van der Waals surface area contributed by atoms with Crippen molar-refractivity contribution in [1.29, 1.82) is 0 Å². The summed E-state index contributed by atoms with van der Waals surface area (Å²) in [4.78, 5) is 9.93. The Labute approximate surface area is 65.4 Å². The van der Waals surface area contributed by atoms with Gasteiger partial charge in [-0.05, 0) is 6.07 Å². The normalized spacial score (nSPS) is 10.4. The summed E-state index contributed by atoms with van der Waals surface area (Å²) < 4.78 is 6.84. The van der Waals surface area contributed by atoms with Crippen LogP contribution < -0.4 is 5.32 Å². The first-order valence-corrected chi connectivity index (χ1v) is 3.02. The van der Waals surface area contributed by atoms with Crippen molar-refractivity contribution in [3.63, 3.8) is 0 Å². The molecule has 0 fully saturated rings. The van der Waals surface area contributed by atoms with Crippen molar-refractivity contribution in [1.82, 2.24) is 0 Å². The second-order valence-electron chi connectivity index (χ2n) is 1.95. The maximum Gasteiger partial charge on any atom is 0.292 e. The Morgan fingerprint density at radius 3 is 3.00 bits per heavy atom. The Morgan fingerprint density at radius 2 is 2.36 bits per heavy atom. The third-order valence-electron chi connectivity index (χ3n) is 1.29. The quantitative estimate of drug-likeness (QED) is 0.519. The van der Waals surface area contributed by atoms with E-state index in [1.165, 1.54) is 6.07 Å². The minimum Gasteiger partial charge on any atom is -0.383 e. The molecule has 0 atom stereocenters. The second kappa shape index (κ2) is 3.01. The number of para-hydroxylation sites is 2. The van der Waals surface area contributed by atoms with E-state index in [1.54, 1.807) is 18.2 Å². The van der Waals surface area contributed by atoms with Crippen LogP contribution in [-0.4, -0.2) is 11.9 Å². The Bertz CT molecular complexity index is 290. The molecule has 11 heavy (non-hydrogen) atoms. The molecule has 0 aliphatic heterocycles. The van der Waals surface area contributed by atoms with E-state index in [1.807, 2.05) is 0 Å². The molecule has 0 aromatic heterocycles. The number of nitro benzene ring substituents is 1. The molecular weight excluding hydrogens is 144 g/mol. The monoisotopic (exact) mass is 153 g/mol. The summed E-state index contributed by atoms with van der Waals surface area (Å²) in [5.41, 5.74) is 0.391. The molecule has 0 aliphatic rings. The van der Waals surface area contributed by atoms with Gasteiger partial charge in [0.05, 0.1) is 4.92 Å². The molecule has 1 aromatic carbocycles. The fourth-order valence-corrected chi connectivity index (χ4v) is 0.782. The van der Waals surface area contributed by atoms with Crippen LogP contribution in [0.2, 0.25) is 0 Å². The van der Waals surface area contributed by atoms with Gasteiger partial charge >= 0.3 is 0 Å². The number of rotatable bonds is 2. The molecule has 0 radical (unpaired) electrons. The molecule has 0 unspecified atom stereocenters. The molecule has 0 spiro atoms. The zero-order valence-electron chi connectivity index (χ0n) is 6.78. The zero-order chi connectivity index (χ0) is 8.97. The van der Waals surface area contributed by atoms with Crippen LogP contribution >= 0.6 is 0 Å². The largest absolute Gasteiger partial charge is 0.383 e. The summed E-state index contributed by atoms with van der Waals surface area (Å²) in [6.07, 6.45) is 0. The first kappa shape index (κ1) is 6.15.